The molecule has 0 spiro atoms. The van der Waals surface area contributed by atoms with E-state index in [2.05, 4.69) is 34.7 Å². The molecule has 2 rings (SSSR count). The lowest BCUT2D eigenvalue weighted by Gasteiger charge is -2.43. The van der Waals surface area contributed by atoms with Crippen LogP contribution in [0.15, 0.2) is 0 Å². The Bertz CT molecular complexity index is 260. The third-order valence-corrected chi connectivity index (χ3v) is 5.56. The lowest BCUT2D eigenvalue weighted by atomic mass is 9.80. The van der Waals surface area contributed by atoms with Crippen LogP contribution in [0.1, 0.15) is 39.5 Å². The lowest BCUT2D eigenvalue weighted by Crippen LogP contribution is -2.51. The Morgan fingerprint density at radius 3 is 2.47 bits per heavy atom. The van der Waals surface area contributed by atoms with Crippen molar-refractivity contribution < 1.29 is 4.79 Å². The van der Waals surface area contributed by atoms with Crippen LogP contribution >= 0.6 is 15.9 Å². The highest BCUT2D eigenvalue weighted by Gasteiger charge is 2.38. The molecule has 1 amide bonds. The van der Waals surface area contributed by atoms with Crippen LogP contribution in [0.25, 0.3) is 0 Å². The van der Waals surface area contributed by atoms with Gasteiger partial charge in [-0.3, -0.25) is 4.79 Å². The van der Waals surface area contributed by atoms with Crippen LogP contribution in [0.3, 0.4) is 0 Å². The number of hydrogen-bond donors (Lipinski definition) is 0. The van der Waals surface area contributed by atoms with Gasteiger partial charge in [-0.1, -0.05) is 36.2 Å². The Hall–Kier alpha value is -0.0500. The summed E-state index contributed by atoms with van der Waals surface area (Å²) in [4.78, 5) is 14.7. The van der Waals surface area contributed by atoms with E-state index in [1.807, 2.05) is 0 Å². The van der Waals surface area contributed by atoms with E-state index in [1.165, 1.54) is 6.42 Å². The second-order valence-corrected chi connectivity index (χ2v) is 6.74. The van der Waals surface area contributed by atoms with Crippen molar-refractivity contribution in [2.45, 2.75) is 44.4 Å². The number of halogens is 1. The molecular weight excluding hydrogens is 254 g/mol. The van der Waals surface area contributed by atoms with E-state index < -0.39 is 0 Å². The lowest BCUT2D eigenvalue weighted by molar-refractivity contribution is -0.141. The first kappa shape index (κ1) is 11.4. The smallest absolute Gasteiger partial charge is 0.225 e. The SMILES string of the molecule is CC1(C)CN(C(=O)C2CCC2)CCC1Br. The number of carbonyl (C=O) groups excluding carboxylic acids is 1. The van der Waals surface area contributed by atoms with Gasteiger partial charge in [0.1, 0.15) is 0 Å². The minimum absolute atomic E-state index is 0.220. The normalized spacial score (nSPS) is 31.1. The van der Waals surface area contributed by atoms with E-state index >= 15 is 0 Å². The molecule has 15 heavy (non-hydrogen) atoms. The van der Waals surface area contributed by atoms with Crippen molar-refractivity contribution >= 4 is 21.8 Å². The molecule has 1 unspecified atom stereocenters. The first-order valence-electron chi connectivity index (χ1n) is 5.93. The fourth-order valence-electron chi connectivity index (χ4n) is 2.43. The summed E-state index contributed by atoms with van der Waals surface area (Å²) in [6, 6.07) is 0. The van der Waals surface area contributed by atoms with E-state index in [1.54, 1.807) is 0 Å². The monoisotopic (exact) mass is 273 g/mol. The molecule has 86 valence electrons. The second-order valence-electron chi connectivity index (χ2n) is 5.63. The molecule has 2 aliphatic rings. The molecule has 1 heterocycles. The van der Waals surface area contributed by atoms with Crippen molar-refractivity contribution in [1.29, 1.82) is 0 Å². The summed E-state index contributed by atoms with van der Waals surface area (Å²) in [7, 11) is 0. The van der Waals surface area contributed by atoms with Crippen molar-refractivity contribution in [3.05, 3.63) is 0 Å². The third kappa shape index (κ3) is 2.22. The summed E-state index contributed by atoms with van der Waals surface area (Å²) >= 11 is 3.72. The van der Waals surface area contributed by atoms with E-state index in [4.69, 9.17) is 0 Å². The molecule has 0 radical (unpaired) electrons. The fourth-order valence-corrected chi connectivity index (χ4v) is 2.78. The predicted molar refractivity (Wildman–Crippen MR) is 65.0 cm³/mol. The number of carbonyl (C=O) groups is 1. The predicted octanol–water partition coefficient (Wildman–Crippen LogP) is 2.81. The van der Waals surface area contributed by atoms with Crippen LogP contribution in [0.2, 0.25) is 0 Å². The summed E-state index contributed by atoms with van der Waals surface area (Å²) in [5.41, 5.74) is 0.220. The van der Waals surface area contributed by atoms with Gasteiger partial charge >= 0.3 is 0 Å². The van der Waals surface area contributed by atoms with E-state index in [0.29, 0.717) is 16.7 Å². The number of piperidine rings is 1. The molecule has 1 aliphatic carbocycles. The molecule has 1 saturated carbocycles. The molecule has 3 heteroatoms. The Balaban J connectivity index is 1.96. The van der Waals surface area contributed by atoms with Crippen LogP contribution in [0.5, 0.6) is 0 Å². The molecule has 1 aliphatic heterocycles. The maximum Gasteiger partial charge on any atom is 0.225 e. The summed E-state index contributed by atoms with van der Waals surface area (Å²) in [5, 5.41) is 0. The summed E-state index contributed by atoms with van der Waals surface area (Å²) in [6.45, 7) is 6.34. The molecule has 0 aromatic carbocycles. The molecule has 1 saturated heterocycles. The number of likely N-dealkylation sites (tertiary alicyclic amines) is 1. The maximum absolute atomic E-state index is 12.1. The molecule has 2 nitrogen and oxygen atoms in total. The highest BCUT2D eigenvalue weighted by atomic mass is 79.9. The summed E-state index contributed by atoms with van der Waals surface area (Å²) < 4.78 is 0. The van der Waals surface area contributed by atoms with E-state index in [0.717, 1.165) is 32.4 Å². The van der Waals surface area contributed by atoms with Crippen LogP contribution in [-0.4, -0.2) is 28.7 Å². The van der Waals surface area contributed by atoms with Gasteiger partial charge in [0.2, 0.25) is 5.91 Å². The number of nitrogens with zero attached hydrogens (tertiary/aromatic N) is 1. The Labute approximate surface area is 101 Å². The standard InChI is InChI=1S/C12H20BrNO/c1-12(2)8-14(7-6-10(12)13)11(15)9-4-3-5-9/h9-10H,3-8H2,1-2H3. The summed E-state index contributed by atoms with van der Waals surface area (Å²) in [5.74, 6) is 0.765. The molecule has 0 aromatic rings. The van der Waals surface area contributed by atoms with E-state index in [9.17, 15) is 4.79 Å². The highest BCUT2D eigenvalue weighted by molar-refractivity contribution is 9.09. The number of rotatable bonds is 1. The quantitative estimate of drug-likeness (QED) is 0.673. The second kappa shape index (κ2) is 4.08. The van der Waals surface area contributed by atoms with Gasteiger partial charge in [-0.25, -0.2) is 0 Å². The highest BCUT2D eigenvalue weighted by Crippen LogP contribution is 2.36. The van der Waals surface area contributed by atoms with Crippen molar-refractivity contribution in [3.8, 4) is 0 Å². The third-order valence-electron chi connectivity index (χ3n) is 3.86. The minimum Gasteiger partial charge on any atom is -0.342 e. The van der Waals surface area contributed by atoms with Gasteiger partial charge in [0, 0.05) is 23.8 Å². The zero-order chi connectivity index (χ0) is 11.1. The molecular formula is C12H20BrNO. The molecule has 0 bridgehead atoms. The molecule has 0 aromatic heterocycles. The summed E-state index contributed by atoms with van der Waals surface area (Å²) in [6.07, 6.45) is 4.57. The van der Waals surface area contributed by atoms with Gasteiger partial charge < -0.3 is 4.90 Å². The Morgan fingerprint density at radius 1 is 1.33 bits per heavy atom. The van der Waals surface area contributed by atoms with Gasteiger partial charge in [-0.2, -0.15) is 0 Å². The van der Waals surface area contributed by atoms with Gasteiger partial charge in [0.25, 0.3) is 0 Å². The molecule has 2 fully saturated rings. The van der Waals surface area contributed by atoms with Crippen molar-refractivity contribution in [2.75, 3.05) is 13.1 Å². The van der Waals surface area contributed by atoms with Gasteiger partial charge in [0.15, 0.2) is 0 Å². The average Bonchev–Trinajstić information content (AvgIpc) is 2.06. The van der Waals surface area contributed by atoms with Crippen molar-refractivity contribution in [2.24, 2.45) is 11.3 Å². The zero-order valence-corrected chi connectivity index (χ0v) is 11.2. The first-order valence-corrected chi connectivity index (χ1v) is 6.85. The van der Waals surface area contributed by atoms with Gasteiger partial charge in [-0.15, -0.1) is 0 Å². The Morgan fingerprint density at radius 2 is 2.00 bits per heavy atom. The maximum atomic E-state index is 12.1. The van der Waals surface area contributed by atoms with Crippen LogP contribution < -0.4 is 0 Å². The van der Waals surface area contributed by atoms with Crippen LogP contribution in [0, 0.1) is 11.3 Å². The number of amides is 1. The van der Waals surface area contributed by atoms with Crippen molar-refractivity contribution in [3.63, 3.8) is 0 Å². The van der Waals surface area contributed by atoms with Gasteiger partial charge in [-0.05, 0) is 24.7 Å². The Kier molecular flexibility index (Phi) is 3.11. The minimum atomic E-state index is 0.220. The molecule has 1 atom stereocenters. The topological polar surface area (TPSA) is 20.3 Å². The first-order chi connectivity index (χ1) is 7.00. The van der Waals surface area contributed by atoms with E-state index in [-0.39, 0.29) is 5.41 Å². The number of alkyl halides is 1. The zero-order valence-electron chi connectivity index (χ0n) is 9.63. The van der Waals surface area contributed by atoms with Crippen molar-refractivity contribution in [1.82, 2.24) is 4.90 Å². The van der Waals surface area contributed by atoms with Crippen LogP contribution in [0.4, 0.5) is 0 Å². The molecule has 0 N–H and O–H groups in total. The largest absolute Gasteiger partial charge is 0.342 e. The average molecular weight is 274 g/mol. The van der Waals surface area contributed by atoms with Crippen LogP contribution in [-0.2, 0) is 4.79 Å². The number of hydrogen-bond acceptors (Lipinski definition) is 1. The fraction of sp³-hybridized carbons (Fsp3) is 0.917. The van der Waals surface area contributed by atoms with Gasteiger partial charge in [0.05, 0.1) is 0 Å².